The Morgan fingerprint density at radius 2 is 2.12 bits per heavy atom. The van der Waals surface area contributed by atoms with Crippen LogP contribution >= 0.6 is 23.1 Å². The van der Waals surface area contributed by atoms with Crippen molar-refractivity contribution in [3.8, 4) is 0 Å². The van der Waals surface area contributed by atoms with Gasteiger partial charge in [-0.3, -0.25) is 9.59 Å². The molecule has 1 fully saturated rings. The maximum Gasteiger partial charge on any atom is 0.230 e. The van der Waals surface area contributed by atoms with E-state index < -0.39 is 0 Å². The summed E-state index contributed by atoms with van der Waals surface area (Å²) in [5.74, 6) is 0.473. The normalized spacial score (nSPS) is 14.2. The number of benzene rings is 1. The van der Waals surface area contributed by atoms with Crippen LogP contribution in [0.1, 0.15) is 23.4 Å². The van der Waals surface area contributed by atoms with Crippen LogP contribution in [0.3, 0.4) is 0 Å². The molecule has 1 aliphatic heterocycles. The lowest BCUT2D eigenvalue weighted by atomic mass is 10.2. The molecule has 8 heteroatoms. The molecule has 1 aromatic carbocycles. The average Bonchev–Trinajstić information content (AvgIpc) is 3.20. The number of nitrogens with one attached hydrogen (secondary N) is 1. The Labute approximate surface area is 148 Å². The topological polar surface area (TPSA) is 75.2 Å². The van der Waals surface area contributed by atoms with E-state index in [2.05, 4.69) is 15.5 Å². The molecule has 0 atom stereocenters. The van der Waals surface area contributed by atoms with Crippen molar-refractivity contribution in [1.29, 1.82) is 0 Å². The molecule has 0 aliphatic carbocycles. The van der Waals surface area contributed by atoms with E-state index in [1.165, 1.54) is 23.1 Å². The quantitative estimate of drug-likeness (QED) is 0.799. The third-order valence-corrected chi connectivity index (χ3v) is 5.62. The van der Waals surface area contributed by atoms with E-state index in [-0.39, 0.29) is 11.8 Å². The summed E-state index contributed by atoms with van der Waals surface area (Å²) in [5, 5.41) is 11.7. The number of hydrogen-bond donors (Lipinski definition) is 1. The van der Waals surface area contributed by atoms with Crippen molar-refractivity contribution in [3.05, 3.63) is 34.8 Å². The lowest BCUT2D eigenvalue weighted by Crippen LogP contribution is -2.25. The Morgan fingerprint density at radius 3 is 2.75 bits per heavy atom. The minimum atomic E-state index is -0.0355. The van der Waals surface area contributed by atoms with Crippen LogP contribution in [-0.4, -0.2) is 34.3 Å². The molecule has 0 spiro atoms. The van der Waals surface area contributed by atoms with Crippen molar-refractivity contribution in [1.82, 2.24) is 15.5 Å². The van der Waals surface area contributed by atoms with Crippen LogP contribution in [0.25, 0.3) is 0 Å². The highest BCUT2D eigenvalue weighted by atomic mass is 32.2. The molecule has 24 heavy (non-hydrogen) atoms. The minimum absolute atomic E-state index is 0.0355. The number of hydrogen-bond acceptors (Lipinski definition) is 6. The fourth-order valence-electron chi connectivity index (χ4n) is 2.43. The van der Waals surface area contributed by atoms with Crippen LogP contribution in [0, 0.1) is 6.92 Å². The Hall–Kier alpha value is -1.93. The van der Waals surface area contributed by atoms with Crippen molar-refractivity contribution < 1.29 is 9.59 Å². The van der Waals surface area contributed by atoms with E-state index in [9.17, 15) is 9.59 Å². The lowest BCUT2D eigenvalue weighted by Gasteiger charge is -2.16. The van der Waals surface area contributed by atoms with E-state index in [4.69, 9.17) is 0 Å². The number of carbonyl (C=O) groups is 2. The maximum atomic E-state index is 11.9. The van der Waals surface area contributed by atoms with E-state index in [1.54, 1.807) is 0 Å². The Morgan fingerprint density at radius 1 is 1.33 bits per heavy atom. The molecule has 1 aliphatic rings. The van der Waals surface area contributed by atoms with Gasteiger partial charge >= 0.3 is 0 Å². The molecule has 1 aromatic heterocycles. The molecule has 126 valence electrons. The van der Waals surface area contributed by atoms with Crippen LogP contribution in [0.2, 0.25) is 0 Å². The first-order chi connectivity index (χ1) is 11.6. The minimum Gasteiger partial charge on any atom is -0.351 e. The van der Waals surface area contributed by atoms with Gasteiger partial charge < -0.3 is 10.2 Å². The highest BCUT2D eigenvalue weighted by Crippen LogP contribution is 2.22. The summed E-state index contributed by atoms with van der Waals surface area (Å²) in [6.45, 7) is 3.15. The van der Waals surface area contributed by atoms with Crippen molar-refractivity contribution in [3.63, 3.8) is 0 Å². The molecular weight excluding hydrogens is 344 g/mol. The Kier molecular flexibility index (Phi) is 5.47. The van der Waals surface area contributed by atoms with Gasteiger partial charge in [-0.15, -0.1) is 10.2 Å². The van der Waals surface area contributed by atoms with Gasteiger partial charge in [0.25, 0.3) is 0 Å². The average molecular weight is 362 g/mol. The van der Waals surface area contributed by atoms with Crippen LogP contribution in [0.15, 0.2) is 28.6 Å². The van der Waals surface area contributed by atoms with Gasteiger partial charge in [-0.25, -0.2) is 0 Å². The van der Waals surface area contributed by atoms with Gasteiger partial charge in [0.15, 0.2) is 4.34 Å². The smallest absolute Gasteiger partial charge is 0.230 e. The molecule has 6 nitrogen and oxygen atoms in total. The summed E-state index contributed by atoms with van der Waals surface area (Å²) >= 11 is 2.88. The largest absolute Gasteiger partial charge is 0.351 e. The zero-order valence-electron chi connectivity index (χ0n) is 13.3. The highest BCUT2D eigenvalue weighted by molar-refractivity contribution is 8.01. The molecule has 2 heterocycles. The van der Waals surface area contributed by atoms with Crippen molar-refractivity contribution in [2.75, 3.05) is 17.2 Å². The number of amides is 2. The fraction of sp³-hybridized carbons (Fsp3) is 0.375. The summed E-state index contributed by atoms with van der Waals surface area (Å²) < 4.78 is 0.808. The van der Waals surface area contributed by atoms with Crippen LogP contribution in [0.5, 0.6) is 0 Å². The van der Waals surface area contributed by atoms with Gasteiger partial charge in [-0.2, -0.15) is 0 Å². The summed E-state index contributed by atoms with van der Waals surface area (Å²) in [6, 6.07) is 7.76. The number of aromatic nitrogens is 2. The van der Waals surface area contributed by atoms with Gasteiger partial charge in [0, 0.05) is 25.2 Å². The van der Waals surface area contributed by atoms with Crippen LogP contribution < -0.4 is 10.2 Å². The summed E-state index contributed by atoms with van der Waals surface area (Å²) in [4.78, 5) is 25.4. The monoisotopic (exact) mass is 362 g/mol. The van der Waals surface area contributed by atoms with Crippen LogP contribution in [-0.2, 0) is 16.1 Å². The molecule has 0 unspecified atom stereocenters. The van der Waals surface area contributed by atoms with Gasteiger partial charge in [0.1, 0.15) is 5.01 Å². The fourth-order valence-corrected chi connectivity index (χ4v) is 4.08. The molecule has 2 amide bonds. The zero-order valence-corrected chi connectivity index (χ0v) is 15.0. The number of thioether (sulfide) groups is 1. The third-order valence-electron chi connectivity index (χ3n) is 3.65. The molecule has 3 rings (SSSR count). The third kappa shape index (κ3) is 4.33. The van der Waals surface area contributed by atoms with Crippen molar-refractivity contribution >= 4 is 40.6 Å². The standard InChI is InChI=1S/C16H18N4O2S2/c1-11-18-19-16(24-11)23-10-14(21)17-9-12-4-6-13(7-5-12)20-8-2-3-15(20)22/h4-7H,2-3,8-10H2,1H3,(H,17,21). The second-order valence-electron chi connectivity index (χ2n) is 5.47. The van der Waals surface area contributed by atoms with Crippen molar-refractivity contribution in [2.24, 2.45) is 0 Å². The molecular formula is C16H18N4O2S2. The zero-order chi connectivity index (χ0) is 16.9. The Balaban J connectivity index is 1.46. The van der Waals surface area contributed by atoms with E-state index in [0.717, 1.165) is 33.6 Å². The van der Waals surface area contributed by atoms with Gasteiger partial charge in [0.2, 0.25) is 11.8 Å². The number of carbonyl (C=O) groups excluding carboxylic acids is 2. The van der Waals surface area contributed by atoms with E-state index in [0.29, 0.717) is 18.7 Å². The number of anilines is 1. The molecule has 2 aromatic rings. The Bertz CT molecular complexity index is 730. The predicted octanol–water partition coefficient (Wildman–Crippen LogP) is 2.38. The van der Waals surface area contributed by atoms with Gasteiger partial charge in [-0.05, 0) is 31.0 Å². The molecule has 0 bridgehead atoms. The summed E-state index contributed by atoms with van der Waals surface area (Å²) in [5.41, 5.74) is 1.94. The second kappa shape index (κ2) is 7.76. The van der Waals surface area contributed by atoms with E-state index >= 15 is 0 Å². The predicted molar refractivity (Wildman–Crippen MR) is 95.2 cm³/mol. The molecule has 0 saturated carbocycles. The summed E-state index contributed by atoms with van der Waals surface area (Å²) in [6.07, 6.45) is 1.55. The first kappa shape index (κ1) is 16.9. The molecule has 0 radical (unpaired) electrons. The van der Waals surface area contributed by atoms with Crippen LogP contribution in [0.4, 0.5) is 5.69 Å². The second-order valence-corrected chi connectivity index (χ2v) is 7.87. The highest BCUT2D eigenvalue weighted by Gasteiger charge is 2.21. The molecule has 1 N–H and O–H groups in total. The number of aryl methyl sites for hydroxylation is 1. The van der Waals surface area contributed by atoms with Gasteiger partial charge in [0.05, 0.1) is 5.75 Å². The SMILES string of the molecule is Cc1nnc(SCC(=O)NCc2ccc(N3CCCC3=O)cc2)s1. The van der Waals surface area contributed by atoms with Gasteiger partial charge in [-0.1, -0.05) is 35.2 Å². The number of rotatable bonds is 6. The maximum absolute atomic E-state index is 11.9. The molecule has 1 saturated heterocycles. The first-order valence-electron chi connectivity index (χ1n) is 7.71. The summed E-state index contributed by atoms with van der Waals surface area (Å²) in [7, 11) is 0. The number of nitrogens with zero attached hydrogens (tertiary/aromatic N) is 3. The first-order valence-corrected chi connectivity index (χ1v) is 9.51. The van der Waals surface area contributed by atoms with E-state index in [1.807, 2.05) is 36.1 Å². The lowest BCUT2D eigenvalue weighted by molar-refractivity contribution is -0.119. The van der Waals surface area contributed by atoms with Crippen molar-refractivity contribution in [2.45, 2.75) is 30.6 Å².